The number of benzene rings is 1. The van der Waals surface area contributed by atoms with Crippen molar-refractivity contribution in [1.82, 2.24) is 0 Å². The molecule has 0 bridgehead atoms. The summed E-state index contributed by atoms with van der Waals surface area (Å²) in [6.07, 6.45) is 0.189. The summed E-state index contributed by atoms with van der Waals surface area (Å²) in [5.74, 6) is -0.373. The SMILES string of the molecule is CCOC(=O)[C@@H]1C[C@]1(F)COCc1ccc(OC)cc1. The first-order valence-electron chi connectivity index (χ1n) is 6.65. The smallest absolute Gasteiger partial charge is 0.312 e. The lowest BCUT2D eigenvalue weighted by atomic mass is 10.2. The number of rotatable bonds is 7. The summed E-state index contributed by atoms with van der Waals surface area (Å²) in [7, 11) is 1.60. The number of ether oxygens (including phenoxy) is 3. The van der Waals surface area contributed by atoms with Gasteiger partial charge in [0.1, 0.15) is 11.4 Å². The lowest BCUT2D eigenvalue weighted by Gasteiger charge is -2.09. The Labute approximate surface area is 117 Å². The summed E-state index contributed by atoms with van der Waals surface area (Å²) in [6.45, 7) is 2.21. The van der Waals surface area contributed by atoms with E-state index in [2.05, 4.69) is 0 Å². The van der Waals surface area contributed by atoms with Gasteiger partial charge in [0.05, 0.1) is 32.8 Å². The number of alkyl halides is 1. The fraction of sp³-hybridized carbons (Fsp3) is 0.533. The van der Waals surface area contributed by atoms with Crippen molar-refractivity contribution < 1.29 is 23.4 Å². The van der Waals surface area contributed by atoms with Gasteiger partial charge in [0.25, 0.3) is 0 Å². The summed E-state index contributed by atoms with van der Waals surface area (Å²) in [5.41, 5.74) is -0.624. The van der Waals surface area contributed by atoms with E-state index in [1.165, 1.54) is 0 Å². The predicted molar refractivity (Wildman–Crippen MR) is 71.2 cm³/mol. The van der Waals surface area contributed by atoms with Gasteiger partial charge >= 0.3 is 5.97 Å². The molecule has 0 amide bonds. The van der Waals surface area contributed by atoms with Crippen molar-refractivity contribution in [2.75, 3.05) is 20.3 Å². The second kappa shape index (κ2) is 6.22. The van der Waals surface area contributed by atoms with Gasteiger partial charge < -0.3 is 14.2 Å². The van der Waals surface area contributed by atoms with E-state index in [1.807, 2.05) is 24.3 Å². The molecule has 0 saturated heterocycles. The monoisotopic (exact) mass is 282 g/mol. The van der Waals surface area contributed by atoms with E-state index < -0.39 is 17.6 Å². The van der Waals surface area contributed by atoms with Crippen molar-refractivity contribution in [2.24, 2.45) is 5.92 Å². The predicted octanol–water partition coefficient (Wildman–Crippen LogP) is 2.50. The molecular weight excluding hydrogens is 263 g/mol. The second-order valence-corrected chi connectivity index (χ2v) is 4.88. The van der Waals surface area contributed by atoms with Crippen LogP contribution in [0, 0.1) is 5.92 Å². The Bertz CT molecular complexity index is 459. The second-order valence-electron chi connectivity index (χ2n) is 4.88. The van der Waals surface area contributed by atoms with Gasteiger partial charge in [-0.15, -0.1) is 0 Å². The Morgan fingerprint density at radius 2 is 2.10 bits per heavy atom. The van der Waals surface area contributed by atoms with Crippen LogP contribution in [0.4, 0.5) is 4.39 Å². The Morgan fingerprint density at radius 3 is 2.70 bits per heavy atom. The summed E-state index contributed by atoms with van der Waals surface area (Å²) < 4.78 is 29.3. The summed E-state index contributed by atoms with van der Waals surface area (Å²) >= 11 is 0. The minimum absolute atomic E-state index is 0.0808. The number of hydrogen-bond acceptors (Lipinski definition) is 4. The maximum atomic E-state index is 14.1. The standard InChI is InChI=1S/C15H19FO4/c1-3-20-14(17)13-8-15(13,16)10-19-9-11-4-6-12(18-2)7-5-11/h4-7,13H,3,8-10H2,1-2H3/t13-,15-/m0/s1. The van der Waals surface area contributed by atoms with Crippen molar-refractivity contribution in [1.29, 1.82) is 0 Å². The lowest BCUT2D eigenvalue weighted by molar-refractivity contribution is -0.146. The molecule has 0 radical (unpaired) electrons. The topological polar surface area (TPSA) is 44.8 Å². The van der Waals surface area contributed by atoms with Gasteiger partial charge in [0, 0.05) is 6.42 Å². The highest BCUT2D eigenvalue weighted by Crippen LogP contribution is 2.48. The largest absolute Gasteiger partial charge is 0.497 e. The highest BCUT2D eigenvalue weighted by molar-refractivity contribution is 5.77. The molecule has 0 heterocycles. The molecule has 2 atom stereocenters. The summed E-state index contributed by atoms with van der Waals surface area (Å²) in [5, 5.41) is 0. The van der Waals surface area contributed by atoms with E-state index in [0.717, 1.165) is 11.3 Å². The van der Waals surface area contributed by atoms with Crippen LogP contribution in [0.3, 0.4) is 0 Å². The van der Waals surface area contributed by atoms with Crippen molar-refractivity contribution in [3.05, 3.63) is 29.8 Å². The van der Waals surface area contributed by atoms with E-state index in [0.29, 0.717) is 6.61 Å². The fourth-order valence-electron chi connectivity index (χ4n) is 2.04. The third-order valence-electron chi connectivity index (χ3n) is 3.35. The molecule has 4 nitrogen and oxygen atoms in total. The molecule has 1 fully saturated rings. The van der Waals surface area contributed by atoms with Crippen LogP contribution in [-0.2, 0) is 20.9 Å². The van der Waals surface area contributed by atoms with Crippen LogP contribution in [0.2, 0.25) is 0 Å². The molecule has 1 aromatic carbocycles. The van der Waals surface area contributed by atoms with Gasteiger partial charge in [-0.25, -0.2) is 4.39 Å². The minimum Gasteiger partial charge on any atom is -0.497 e. The number of carbonyl (C=O) groups is 1. The Kier molecular flexibility index (Phi) is 4.60. The molecule has 0 aromatic heterocycles. The zero-order valence-corrected chi connectivity index (χ0v) is 11.7. The Hall–Kier alpha value is -1.62. The molecule has 2 rings (SSSR count). The van der Waals surface area contributed by atoms with Crippen LogP contribution in [0.15, 0.2) is 24.3 Å². The Morgan fingerprint density at radius 1 is 1.40 bits per heavy atom. The van der Waals surface area contributed by atoms with Gasteiger partial charge in [0.2, 0.25) is 0 Å². The average molecular weight is 282 g/mol. The molecule has 0 N–H and O–H groups in total. The quantitative estimate of drug-likeness (QED) is 0.721. The molecule has 1 aliphatic carbocycles. The number of halogens is 1. The highest BCUT2D eigenvalue weighted by atomic mass is 19.1. The minimum atomic E-state index is -1.56. The first-order valence-corrected chi connectivity index (χ1v) is 6.65. The van der Waals surface area contributed by atoms with Crippen LogP contribution in [-0.4, -0.2) is 32.0 Å². The van der Waals surface area contributed by atoms with E-state index in [-0.39, 0.29) is 19.6 Å². The third kappa shape index (κ3) is 3.48. The van der Waals surface area contributed by atoms with Gasteiger partial charge in [-0.05, 0) is 24.6 Å². The molecule has 110 valence electrons. The normalized spacial score (nSPS) is 24.2. The first kappa shape index (κ1) is 14.8. The van der Waals surface area contributed by atoms with E-state index in [1.54, 1.807) is 14.0 Å². The van der Waals surface area contributed by atoms with Crippen molar-refractivity contribution >= 4 is 5.97 Å². The highest BCUT2D eigenvalue weighted by Gasteiger charge is 2.61. The number of hydrogen-bond donors (Lipinski definition) is 0. The van der Waals surface area contributed by atoms with E-state index in [4.69, 9.17) is 14.2 Å². The molecule has 0 unspecified atom stereocenters. The van der Waals surface area contributed by atoms with Crippen LogP contribution < -0.4 is 4.74 Å². The number of methoxy groups -OCH3 is 1. The maximum absolute atomic E-state index is 14.1. The lowest BCUT2D eigenvalue weighted by Crippen LogP contribution is -2.20. The zero-order chi connectivity index (χ0) is 14.6. The fourth-order valence-corrected chi connectivity index (χ4v) is 2.04. The Balaban J connectivity index is 1.74. The molecule has 1 aromatic rings. The summed E-state index contributed by atoms with van der Waals surface area (Å²) in [6, 6.07) is 7.36. The number of carbonyl (C=O) groups excluding carboxylic acids is 1. The molecular formula is C15H19FO4. The maximum Gasteiger partial charge on any atom is 0.312 e. The van der Waals surface area contributed by atoms with Crippen LogP contribution >= 0.6 is 0 Å². The van der Waals surface area contributed by atoms with Crippen molar-refractivity contribution in [3.63, 3.8) is 0 Å². The third-order valence-corrected chi connectivity index (χ3v) is 3.35. The molecule has 0 aliphatic heterocycles. The van der Waals surface area contributed by atoms with Crippen LogP contribution in [0.1, 0.15) is 18.9 Å². The first-order chi connectivity index (χ1) is 9.59. The molecule has 20 heavy (non-hydrogen) atoms. The zero-order valence-electron chi connectivity index (χ0n) is 11.7. The van der Waals surface area contributed by atoms with Gasteiger partial charge in [-0.1, -0.05) is 12.1 Å². The average Bonchev–Trinajstić information content (AvgIpc) is 3.12. The van der Waals surface area contributed by atoms with E-state index >= 15 is 0 Å². The van der Waals surface area contributed by atoms with Crippen molar-refractivity contribution in [3.8, 4) is 5.75 Å². The molecule has 1 aliphatic rings. The molecule has 5 heteroatoms. The van der Waals surface area contributed by atoms with Gasteiger partial charge in [-0.3, -0.25) is 4.79 Å². The number of esters is 1. The molecule has 0 spiro atoms. The van der Waals surface area contributed by atoms with Gasteiger partial charge in [0.15, 0.2) is 0 Å². The van der Waals surface area contributed by atoms with Crippen LogP contribution in [0.5, 0.6) is 5.75 Å². The van der Waals surface area contributed by atoms with E-state index in [9.17, 15) is 9.18 Å². The van der Waals surface area contributed by atoms with Gasteiger partial charge in [-0.2, -0.15) is 0 Å². The van der Waals surface area contributed by atoms with Crippen LogP contribution in [0.25, 0.3) is 0 Å². The molecule has 1 saturated carbocycles. The summed E-state index contributed by atoms with van der Waals surface area (Å²) in [4.78, 5) is 11.4. The van der Waals surface area contributed by atoms with Crippen molar-refractivity contribution in [2.45, 2.75) is 25.6 Å².